The van der Waals surface area contributed by atoms with Gasteiger partial charge in [-0.1, -0.05) is 30.3 Å². The maximum atomic E-state index is 3.84. The smallest absolute Gasteiger partial charge is 0.00967 e. The molecule has 0 saturated heterocycles. The highest BCUT2D eigenvalue weighted by Crippen LogP contribution is 2.69. The standard InChI is InChI=1S/C20H29N/c1-19(2,3)21-13-20(11-15-9-16(15)12-20)18-10-17(18)14-7-5-4-6-8-14/h4-8,15-18,21H,9-13H2,1-3H3. The summed E-state index contributed by atoms with van der Waals surface area (Å²) in [5, 5.41) is 3.84. The SMILES string of the molecule is CC(C)(C)NCC1(C2CC2c2ccccc2)CC2CC2C1. The number of nitrogens with one attached hydrogen (secondary N) is 1. The Kier molecular flexibility index (Phi) is 3.02. The maximum absolute atomic E-state index is 3.84. The fourth-order valence-electron chi connectivity index (χ4n) is 4.90. The van der Waals surface area contributed by atoms with Crippen LogP contribution in [0, 0.1) is 23.2 Å². The summed E-state index contributed by atoms with van der Waals surface area (Å²) in [5.74, 6) is 3.92. The Labute approximate surface area is 129 Å². The minimum absolute atomic E-state index is 0.247. The number of hydrogen-bond acceptors (Lipinski definition) is 1. The molecule has 0 aromatic heterocycles. The highest BCUT2D eigenvalue weighted by molar-refractivity contribution is 5.28. The lowest BCUT2D eigenvalue weighted by atomic mass is 9.76. The molecule has 4 rings (SSSR count). The Morgan fingerprint density at radius 3 is 2.33 bits per heavy atom. The highest BCUT2D eigenvalue weighted by Gasteiger charge is 2.62. The summed E-state index contributed by atoms with van der Waals surface area (Å²) in [7, 11) is 0. The van der Waals surface area contributed by atoms with E-state index in [0.717, 1.165) is 23.7 Å². The molecule has 4 unspecified atom stereocenters. The zero-order chi connectivity index (χ0) is 14.7. The van der Waals surface area contributed by atoms with Crippen LogP contribution in [0.2, 0.25) is 0 Å². The summed E-state index contributed by atoms with van der Waals surface area (Å²) in [6.07, 6.45) is 5.94. The molecule has 0 bridgehead atoms. The van der Waals surface area contributed by atoms with Crippen LogP contribution in [-0.4, -0.2) is 12.1 Å². The van der Waals surface area contributed by atoms with Gasteiger partial charge in [-0.2, -0.15) is 0 Å². The summed E-state index contributed by atoms with van der Waals surface area (Å²) in [6, 6.07) is 11.2. The number of rotatable bonds is 4. The van der Waals surface area contributed by atoms with Crippen molar-refractivity contribution in [3.63, 3.8) is 0 Å². The van der Waals surface area contributed by atoms with Gasteiger partial charge in [-0.3, -0.25) is 0 Å². The average molecular weight is 283 g/mol. The third-order valence-corrected chi connectivity index (χ3v) is 6.18. The van der Waals surface area contributed by atoms with Crippen molar-refractivity contribution in [3.05, 3.63) is 35.9 Å². The van der Waals surface area contributed by atoms with Gasteiger partial charge in [0.25, 0.3) is 0 Å². The van der Waals surface area contributed by atoms with Crippen LogP contribution < -0.4 is 5.32 Å². The summed E-state index contributed by atoms with van der Waals surface area (Å²) >= 11 is 0. The van der Waals surface area contributed by atoms with Crippen molar-refractivity contribution in [1.82, 2.24) is 5.32 Å². The van der Waals surface area contributed by atoms with Crippen molar-refractivity contribution in [1.29, 1.82) is 0 Å². The van der Waals surface area contributed by atoms with E-state index in [2.05, 4.69) is 56.4 Å². The van der Waals surface area contributed by atoms with E-state index in [-0.39, 0.29) is 5.54 Å². The Bertz CT molecular complexity index is 502. The molecule has 21 heavy (non-hydrogen) atoms. The fourth-order valence-corrected chi connectivity index (χ4v) is 4.90. The molecule has 0 heterocycles. The molecule has 3 aliphatic rings. The third kappa shape index (κ3) is 2.65. The van der Waals surface area contributed by atoms with Crippen LogP contribution in [0.25, 0.3) is 0 Å². The molecule has 1 aromatic rings. The van der Waals surface area contributed by atoms with Gasteiger partial charge in [0.15, 0.2) is 0 Å². The third-order valence-electron chi connectivity index (χ3n) is 6.18. The molecule has 0 spiro atoms. The normalized spacial score (nSPS) is 40.9. The Morgan fingerprint density at radius 1 is 1.05 bits per heavy atom. The van der Waals surface area contributed by atoms with Gasteiger partial charge in [0, 0.05) is 12.1 Å². The van der Waals surface area contributed by atoms with E-state index in [0.29, 0.717) is 5.41 Å². The van der Waals surface area contributed by atoms with Gasteiger partial charge < -0.3 is 5.32 Å². The van der Waals surface area contributed by atoms with Crippen LogP contribution in [0.1, 0.15) is 57.9 Å². The van der Waals surface area contributed by atoms with E-state index in [9.17, 15) is 0 Å². The van der Waals surface area contributed by atoms with E-state index in [1.165, 1.54) is 32.2 Å². The van der Waals surface area contributed by atoms with Crippen molar-refractivity contribution < 1.29 is 0 Å². The van der Waals surface area contributed by atoms with Crippen molar-refractivity contribution in [2.45, 2.75) is 57.9 Å². The lowest BCUT2D eigenvalue weighted by Gasteiger charge is -2.36. The van der Waals surface area contributed by atoms with Crippen LogP contribution in [0.5, 0.6) is 0 Å². The van der Waals surface area contributed by atoms with Gasteiger partial charge in [0.05, 0.1) is 0 Å². The second-order valence-corrected chi connectivity index (χ2v) is 8.99. The molecule has 4 atom stereocenters. The molecule has 1 heteroatoms. The first kappa shape index (κ1) is 13.8. The van der Waals surface area contributed by atoms with Gasteiger partial charge in [-0.25, -0.2) is 0 Å². The minimum atomic E-state index is 0.247. The molecule has 1 nitrogen and oxygen atoms in total. The molecule has 0 aliphatic heterocycles. The van der Waals surface area contributed by atoms with Crippen LogP contribution in [0.15, 0.2) is 30.3 Å². The first-order valence-electron chi connectivity index (χ1n) is 8.77. The summed E-state index contributed by atoms with van der Waals surface area (Å²) in [6.45, 7) is 8.14. The molecule has 1 N–H and O–H groups in total. The number of benzene rings is 1. The second kappa shape index (κ2) is 4.59. The molecule has 0 amide bonds. The first-order chi connectivity index (χ1) is 9.97. The van der Waals surface area contributed by atoms with Gasteiger partial charge >= 0.3 is 0 Å². The van der Waals surface area contributed by atoms with Gasteiger partial charge in [0.2, 0.25) is 0 Å². The molecule has 1 aromatic carbocycles. The molecule has 0 radical (unpaired) electrons. The van der Waals surface area contributed by atoms with Gasteiger partial charge in [-0.15, -0.1) is 0 Å². The van der Waals surface area contributed by atoms with Crippen LogP contribution in [-0.2, 0) is 0 Å². The zero-order valence-corrected chi connectivity index (χ0v) is 13.7. The zero-order valence-electron chi connectivity index (χ0n) is 13.7. The quantitative estimate of drug-likeness (QED) is 0.852. The Morgan fingerprint density at radius 2 is 1.71 bits per heavy atom. The first-order valence-corrected chi connectivity index (χ1v) is 8.77. The van der Waals surface area contributed by atoms with Crippen molar-refractivity contribution in [2.24, 2.45) is 23.2 Å². The molecule has 114 valence electrons. The molecule has 3 saturated carbocycles. The van der Waals surface area contributed by atoms with Gasteiger partial charge in [-0.05, 0) is 81.1 Å². The number of hydrogen-bond donors (Lipinski definition) is 1. The molecular formula is C20H29N. The van der Waals surface area contributed by atoms with E-state index < -0.39 is 0 Å². The lowest BCUT2D eigenvalue weighted by Crippen LogP contribution is -2.44. The number of fused-ring (bicyclic) bond motifs is 1. The van der Waals surface area contributed by atoms with Crippen LogP contribution in [0.4, 0.5) is 0 Å². The van der Waals surface area contributed by atoms with Gasteiger partial charge in [0.1, 0.15) is 0 Å². The van der Waals surface area contributed by atoms with Crippen LogP contribution in [0.3, 0.4) is 0 Å². The van der Waals surface area contributed by atoms with Crippen molar-refractivity contribution >= 4 is 0 Å². The molecule has 3 fully saturated rings. The topological polar surface area (TPSA) is 12.0 Å². The fraction of sp³-hybridized carbons (Fsp3) is 0.700. The van der Waals surface area contributed by atoms with Crippen LogP contribution >= 0.6 is 0 Å². The summed E-state index contributed by atoms with van der Waals surface area (Å²) in [5.41, 5.74) is 2.43. The minimum Gasteiger partial charge on any atom is -0.312 e. The average Bonchev–Trinajstić information content (AvgIpc) is 3.35. The molecule has 3 aliphatic carbocycles. The predicted molar refractivity (Wildman–Crippen MR) is 88.3 cm³/mol. The van der Waals surface area contributed by atoms with Crippen molar-refractivity contribution in [2.75, 3.05) is 6.54 Å². The highest BCUT2D eigenvalue weighted by atomic mass is 15.0. The summed E-state index contributed by atoms with van der Waals surface area (Å²) in [4.78, 5) is 0. The lowest BCUT2D eigenvalue weighted by molar-refractivity contribution is 0.185. The van der Waals surface area contributed by atoms with E-state index in [1.54, 1.807) is 5.56 Å². The van der Waals surface area contributed by atoms with Crippen molar-refractivity contribution in [3.8, 4) is 0 Å². The van der Waals surface area contributed by atoms with E-state index in [4.69, 9.17) is 0 Å². The molecular weight excluding hydrogens is 254 g/mol. The predicted octanol–water partition coefficient (Wildman–Crippen LogP) is 4.59. The van der Waals surface area contributed by atoms with E-state index >= 15 is 0 Å². The summed E-state index contributed by atoms with van der Waals surface area (Å²) < 4.78 is 0. The monoisotopic (exact) mass is 283 g/mol. The maximum Gasteiger partial charge on any atom is 0.00967 e. The second-order valence-electron chi connectivity index (χ2n) is 8.99. The Hall–Kier alpha value is -0.820. The largest absolute Gasteiger partial charge is 0.312 e. The Balaban J connectivity index is 1.49. The van der Waals surface area contributed by atoms with E-state index in [1.807, 2.05) is 0 Å².